The highest BCUT2D eigenvalue weighted by Gasteiger charge is 2.08. The third-order valence-electron chi connectivity index (χ3n) is 3.35. The van der Waals surface area contributed by atoms with E-state index in [0.29, 0.717) is 5.95 Å². The second-order valence-corrected chi connectivity index (χ2v) is 4.75. The van der Waals surface area contributed by atoms with E-state index < -0.39 is 0 Å². The number of rotatable bonds is 3. The molecule has 0 aromatic carbocycles. The Kier molecular flexibility index (Phi) is 2.97. The molecular weight excluding hydrogens is 276 g/mol. The van der Waals surface area contributed by atoms with E-state index in [4.69, 9.17) is 0 Å². The van der Waals surface area contributed by atoms with E-state index in [-0.39, 0.29) is 0 Å². The molecule has 0 unspecified atom stereocenters. The van der Waals surface area contributed by atoms with E-state index in [1.807, 2.05) is 36.7 Å². The normalized spacial score (nSPS) is 10.7. The zero-order valence-electron chi connectivity index (χ0n) is 11.6. The van der Waals surface area contributed by atoms with Gasteiger partial charge in [-0.1, -0.05) is 0 Å². The molecular formula is C16H12N6. The van der Waals surface area contributed by atoms with Crippen LogP contribution in [-0.2, 0) is 0 Å². The van der Waals surface area contributed by atoms with E-state index in [1.54, 1.807) is 24.8 Å². The summed E-state index contributed by atoms with van der Waals surface area (Å²) in [6, 6.07) is 7.56. The molecule has 4 rings (SSSR count). The molecule has 0 aliphatic heterocycles. The Labute approximate surface area is 126 Å². The summed E-state index contributed by atoms with van der Waals surface area (Å²) in [5.41, 5.74) is 3.77. The van der Waals surface area contributed by atoms with Gasteiger partial charge in [0.15, 0.2) is 0 Å². The van der Waals surface area contributed by atoms with Crippen molar-refractivity contribution in [3.05, 3.63) is 61.4 Å². The standard InChI is InChI=1S/C16H12N6/c1-5-17-6-2-11(1)21-16-19-8-4-15(22-16)13-10-20-14-3-7-18-9-12(13)14/h1-10,20H,(H,17,19,21,22). The molecule has 0 fully saturated rings. The number of hydrogen-bond acceptors (Lipinski definition) is 5. The average molecular weight is 288 g/mol. The lowest BCUT2D eigenvalue weighted by Crippen LogP contribution is -1.97. The number of nitrogens with zero attached hydrogens (tertiary/aromatic N) is 4. The van der Waals surface area contributed by atoms with Crippen LogP contribution in [0.2, 0.25) is 0 Å². The largest absolute Gasteiger partial charge is 0.360 e. The lowest BCUT2D eigenvalue weighted by Gasteiger charge is -2.05. The number of H-pyrrole nitrogens is 1. The quantitative estimate of drug-likeness (QED) is 0.605. The van der Waals surface area contributed by atoms with Crippen molar-refractivity contribution in [1.29, 1.82) is 0 Å². The summed E-state index contributed by atoms with van der Waals surface area (Å²) in [5.74, 6) is 0.543. The first-order valence-corrected chi connectivity index (χ1v) is 6.82. The van der Waals surface area contributed by atoms with Crippen LogP contribution in [0.15, 0.2) is 61.4 Å². The lowest BCUT2D eigenvalue weighted by molar-refractivity contribution is 1.17. The highest BCUT2D eigenvalue weighted by molar-refractivity contribution is 5.93. The molecule has 22 heavy (non-hydrogen) atoms. The van der Waals surface area contributed by atoms with Crippen LogP contribution in [-0.4, -0.2) is 24.9 Å². The number of nitrogens with one attached hydrogen (secondary N) is 2. The fourth-order valence-corrected chi connectivity index (χ4v) is 2.31. The van der Waals surface area contributed by atoms with Crippen LogP contribution in [0, 0.1) is 0 Å². The first kappa shape index (κ1) is 12.5. The van der Waals surface area contributed by atoms with E-state index >= 15 is 0 Å². The van der Waals surface area contributed by atoms with Crippen molar-refractivity contribution < 1.29 is 0 Å². The average Bonchev–Trinajstić information content (AvgIpc) is 3.00. The van der Waals surface area contributed by atoms with E-state index in [2.05, 4.69) is 30.2 Å². The lowest BCUT2D eigenvalue weighted by atomic mass is 10.1. The van der Waals surface area contributed by atoms with Crippen molar-refractivity contribution in [2.45, 2.75) is 0 Å². The SMILES string of the molecule is c1cc(Nc2nccc(-c3c[nH]c4ccncc34)n2)ccn1. The van der Waals surface area contributed by atoms with Crippen LogP contribution in [0.3, 0.4) is 0 Å². The predicted octanol–water partition coefficient (Wildman–Crippen LogP) is 3.16. The van der Waals surface area contributed by atoms with Crippen molar-refractivity contribution in [3.8, 4) is 11.3 Å². The summed E-state index contributed by atoms with van der Waals surface area (Å²) >= 11 is 0. The van der Waals surface area contributed by atoms with Crippen LogP contribution < -0.4 is 5.32 Å². The second kappa shape index (κ2) is 5.25. The minimum atomic E-state index is 0.543. The molecule has 4 aromatic rings. The van der Waals surface area contributed by atoms with Gasteiger partial charge >= 0.3 is 0 Å². The molecule has 4 heterocycles. The van der Waals surface area contributed by atoms with Crippen LogP contribution in [0.4, 0.5) is 11.6 Å². The smallest absolute Gasteiger partial charge is 0.227 e. The molecule has 6 heteroatoms. The van der Waals surface area contributed by atoms with Gasteiger partial charge in [-0.2, -0.15) is 0 Å². The molecule has 106 valence electrons. The molecule has 0 atom stereocenters. The van der Waals surface area contributed by atoms with E-state index in [1.165, 1.54) is 0 Å². The summed E-state index contributed by atoms with van der Waals surface area (Å²) < 4.78 is 0. The zero-order valence-corrected chi connectivity index (χ0v) is 11.6. The summed E-state index contributed by atoms with van der Waals surface area (Å²) in [4.78, 5) is 20.2. The summed E-state index contributed by atoms with van der Waals surface area (Å²) in [5, 5.41) is 4.20. The third-order valence-corrected chi connectivity index (χ3v) is 3.35. The number of aromatic nitrogens is 5. The molecule has 0 aliphatic rings. The Morgan fingerprint density at radius 3 is 2.68 bits per heavy atom. The van der Waals surface area contributed by atoms with Gasteiger partial charge in [0, 0.05) is 59.3 Å². The fraction of sp³-hybridized carbons (Fsp3) is 0. The summed E-state index contributed by atoms with van der Waals surface area (Å²) in [7, 11) is 0. The number of fused-ring (bicyclic) bond motifs is 1. The van der Waals surface area contributed by atoms with Gasteiger partial charge in [-0.15, -0.1) is 0 Å². The molecule has 0 saturated carbocycles. The number of hydrogen-bond donors (Lipinski definition) is 2. The van der Waals surface area contributed by atoms with E-state index in [9.17, 15) is 0 Å². The molecule has 0 spiro atoms. The van der Waals surface area contributed by atoms with Gasteiger partial charge in [0.1, 0.15) is 0 Å². The Balaban J connectivity index is 1.73. The number of anilines is 2. The highest BCUT2D eigenvalue weighted by Crippen LogP contribution is 2.27. The van der Waals surface area contributed by atoms with Crippen molar-refractivity contribution in [2.75, 3.05) is 5.32 Å². The van der Waals surface area contributed by atoms with Crippen molar-refractivity contribution >= 4 is 22.5 Å². The first-order valence-electron chi connectivity index (χ1n) is 6.82. The first-order chi connectivity index (χ1) is 10.9. The minimum absolute atomic E-state index is 0.543. The summed E-state index contributed by atoms with van der Waals surface area (Å²) in [6.45, 7) is 0. The van der Waals surface area contributed by atoms with Gasteiger partial charge in [-0.05, 0) is 24.3 Å². The van der Waals surface area contributed by atoms with Gasteiger partial charge < -0.3 is 10.3 Å². The number of pyridine rings is 2. The predicted molar refractivity (Wildman–Crippen MR) is 84.6 cm³/mol. The van der Waals surface area contributed by atoms with Crippen LogP contribution in [0.1, 0.15) is 0 Å². The Morgan fingerprint density at radius 2 is 1.77 bits per heavy atom. The van der Waals surface area contributed by atoms with Gasteiger partial charge in [0.2, 0.25) is 5.95 Å². The highest BCUT2D eigenvalue weighted by atomic mass is 15.1. The van der Waals surface area contributed by atoms with Gasteiger partial charge in [0.25, 0.3) is 0 Å². The van der Waals surface area contributed by atoms with Crippen LogP contribution in [0.5, 0.6) is 0 Å². The molecule has 0 radical (unpaired) electrons. The van der Waals surface area contributed by atoms with Crippen LogP contribution >= 0.6 is 0 Å². The maximum atomic E-state index is 4.57. The van der Waals surface area contributed by atoms with Gasteiger partial charge in [0.05, 0.1) is 5.69 Å². The van der Waals surface area contributed by atoms with Crippen molar-refractivity contribution in [1.82, 2.24) is 24.9 Å². The van der Waals surface area contributed by atoms with E-state index in [0.717, 1.165) is 27.8 Å². The maximum absolute atomic E-state index is 4.57. The summed E-state index contributed by atoms with van der Waals surface area (Å²) in [6.07, 6.45) is 10.7. The molecule has 4 aromatic heterocycles. The molecule has 2 N–H and O–H groups in total. The Hall–Kier alpha value is -3.28. The maximum Gasteiger partial charge on any atom is 0.227 e. The molecule has 0 amide bonds. The fourth-order valence-electron chi connectivity index (χ4n) is 2.31. The molecule has 0 saturated heterocycles. The minimum Gasteiger partial charge on any atom is -0.360 e. The Morgan fingerprint density at radius 1 is 0.909 bits per heavy atom. The monoisotopic (exact) mass is 288 g/mol. The van der Waals surface area contributed by atoms with Gasteiger partial charge in [-0.3, -0.25) is 9.97 Å². The van der Waals surface area contributed by atoms with Gasteiger partial charge in [-0.25, -0.2) is 9.97 Å². The van der Waals surface area contributed by atoms with Crippen molar-refractivity contribution in [3.63, 3.8) is 0 Å². The Bertz CT molecular complexity index is 916. The topological polar surface area (TPSA) is 79.4 Å². The molecule has 6 nitrogen and oxygen atoms in total. The second-order valence-electron chi connectivity index (χ2n) is 4.75. The third kappa shape index (κ3) is 2.26. The zero-order chi connectivity index (χ0) is 14.8. The van der Waals surface area contributed by atoms with Crippen molar-refractivity contribution in [2.24, 2.45) is 0 Å². The molecule has 0 aliphatic carbocycles. The van der Waals surface area contributed by atoms with Crippen LogP contribution in [0.25, 0.3) is 22.2 Å². The number of aromatic amines is 1. The molecule has 0 bridgehead atoms.